The van der Waals surface area contributed by atoms with Crippen LogP contribution in [0.1, 0.15) is 23.4 Å². The molecule has 2 aromatic heterocycles. The highest BCUT2D eigenvalue weighted by molar-refractivity contribution is 7.15. The topological polar surface area (TPSA) is 54.4 Å². The average molecular weight is 359 g/mol. The number of aromatic nitrogens is 3. The van der Waals surface area contributed by atoms with Crippen LogP contribution in [0.2, 0.25) is 0 Å². The Kier molecular flexibility index (Phi) is 4.71. The zero-order valence-electron chi connectivity index (χ0n) is 14.9. The lowest BCUT2D eigenvalue weighted by molar-refractivity contribution is -0.0153. The van der Waals surface area contributed by atoms with Gasteiger partial charge in [-0.25, -0.2) is 0 Å². The van der Waals surface area contributed by atoms with E-state index >= 15 is 0 Å². The van der Waals surface area contributed by atoms with E-state index in [9.17, 15) is 0 Å². The minimum atomic E-state index is 0.278. The lowest BCUT2D eigenvalue weighted by atomic mass is 9.75. The van der Waals surface area contributed by atoms with Crippen molar-refractivity contribution in [1.29, 1.82) is 0 Å². The van der Waals surface area contributed by atoms with Gasteiger partial charge in [0, 0.05) is 32.1 Å². The highest BCUT2D eigenvalue weighted by atomic mass is 32.1. The standard InChI is InChI=1S/C18H25N5OS/c1-14-20-21-17(25-14)23-12-18(13-23)8-15(5-7-22(18)2)10-24-11-16-4-3-6-19-9-16/h3-4,6,9,15H,5,7-8,10-13H2,1-2H3/t15-/m0/s1. The van der Waals surface area contributed by atoms with Gasteiger partial charge >= 0.3 is 0 Å². The minimum Gasteiger partial charge on any atom is -0.376 e. The fourth-order valence-corrected chi connectivity index (χ4v) is 4.65. The maximum atomic E-state index is 5.98. The van der Waals surface area contributed by atoms with Crippen molar-refractivity contribution in [3.8, 4) is 0 Å². The predicted octanol–water partition coefficient (Wildman–Crippen LogP) is 2.36. The summed E-state index contributed by atoms with van der Waals surface area (Å²) in [6.45, 7) is 6.75. The van der Waals surface area contributed by atoms with Gasteiger partial charge in [-0.1, -0.05) is 17.4 Å². The normalized spacial score (nSPS) is 23.0. The van der Waals surface area contributed by atoms with Crippen LogP contribution >= 0.6 is 11.3 Å². The molecule has 2 aliphatic heterocycles. The summed E-state index contributed by atoms with van der Waals surface area (Å²) in [5.41, 5.74) is 1.42. The van der Waals surface area contributed by atoms with Crippen LogP contribution in [0.3, 0.4) is 0 Å². The maximum absolute atomic E-state index is 5.98. The summed E-state index contributed by atoms with van der Waals surface area (Å²) in [7, 11) is 2.26. The van der Waals surface area contributed by atoms with Crippen molar-refractivity contribution in [3.63, 3.8) is 0 Å². The molecule has 6 nitrogen and oxygen atoms in total. The second kappa shape index (κ2) is 6.97. The van der Waals surface area contributed by atoms with E-state index in [1.165, 1.54) is 12.8 Å². The average Bonchev–Trinajstić information content (AvgIpc) is 3.01. The van der Waals surface area contributed by atoms with Crippen LogP contribution in [0.4, 0.5) is 5.13 Å². The van der Waals surface area contributed by atoms with Crippen LogP contribution in [0.5, 0.6) is 0 Å². The lowest BCUT2D eigenvalue weighted by Crippen LogP contribution is -2.72. The highest BCUT2D eigenvalue weighted by Gasteiger charge is 2.50. The maximum Gasteiger partial charge on any atom is 0.208 e. The van der Waals surface area contributed by atoms with Gasteiger partial charge in [0.2, 0.25) is 5.13 Å². The fourth-order valence-electron chi connectivity index (χ4n) is 3.96. The Hall–Kier alpha value is -1.57. The summed E-state index contributed by atoms with van der Waals surface area (Å²) in [5.74, 6) is 0.631. The Labute approximate surface area is 152 Å². The molecule has 0 unspecified atom stereocenters. The number of nitrogens with zero attached hydrogens (tertiary/aromatic N) is 5. The number of likely N-dealkylation sites (tertiary alicyclic amines) is 1. The second-order valence-electron chi connectivity index (χ2n) is 7.34. The fraction of sp³-hybridized carbons (Fsp3) is 0.611. The van der Waals surface area contributed by atoms with Gasteiger partial charge in [-0.05, 0) is 50.9 Å². The SMILES string of the molecule is Cc1nnc(N2CC3(C[C@@H](COCc4cccnc4)CCN3C)C2)s1. The van der Waals surface area contributed by atoms with Crippen molar-refractivity contribution in [2.24, 2.45) is 5.92 Å². The van der Waals surface area contributed by atoms with Gasteiger partial charge in [-0.3, -0.25) is 9.88 Å². The smallest absolute Gasteiger partial charge is 0.208 e. The molecule has 1 atom stereocenters. The summed E-state index contributed by atoms with van der Waals surface area (Å²) in [6, 6.07) is 4.03. The number of pyridine rings is 1. The van der Waals surface area contributed by atoms with Crippen molar-refractivity contribution in [3.05, 3.63) is 35.1 Å². The van der Waals surface area contributed by atoms with Gasteiger partial charge in [-0.15, -0.1) is 10.2 Å². The van der Waals surface area contributed by atoms with E-state index in [0.29, 0.717) is 12.5 Å². The third-order valence-corrected chi connectivity index (χ3v) is 6.35. The summed E-state index contributed by atoms with van der Waals surface area (Å²) in [4.78, 5) is 9.04. The first-order valence-electron chi connectivity index (χ1n) is 8.88. The van der Waals surface area contributed by atoms with Gasteiger partial charge in [0.1, 0.15) is 5.01 Å². The molecule has 1 spiro atoms. The third-order valence-electron chi connectivity index (χ3n) is 5.45. The number of likely N-dealkylation sites (N-methyl/N-ethyl adjacent to an activating group) is 1. The molecule has 4 heterocycles. The van der Waals surface area contributed by atoms with E-state index in [-0.39, 0.29) is 5.54 Å². The van der Waals surface area contributed by atoms with E-state index in [1.807, 2.05) is 19.2 Å². The lowest BCUT2D eigenvalue weighted by Gasteiger charge is -2.58. The zero-order chi connectivity index (χ0) is 17.3. The van der Waals surface area contributed by atoms with Crippen molar-refractivity contribution < 1.29 is 4.74 Å². The molecule has 134 valence electrons. The molecule has 0 saturated carbocycles. The van der Waals surface area contributed by atoms with Gasteiger partial charge in [0.25, 0.3) is 0 Å². The summed E-state index contributed by atoms with van der Waals surface area (Å²) < 4.78 is 5.98. The van der Waals surface area contributed by atoms with Crippen molar-refractivity contribution in [2.45, 2.75) is 31.9 Å². The van der Waals surface area contributed by atoms with E-state index in [4.69, 9.17) is 4.74 Å². The molecule has 0 radical (unpaired) electrons. The van der Waals surface area contributed by atoms with E-state index in [2.05, 4.69) is 38.1 Å². The first-order valence-corrected chi connectivity index (χ1v) is 9.69. The Balaban J connectivity index is 1.30. The number of anilines is 1. The van der Waals surface area contributed by atoms with Gasteiger partial charge < -0.3 is 9.64 Å². The molecule has 2 aromatic rings. The molecule has 7 heteroatoms. The van der Waals surface area contributed by atoms with Gasteiger partial charge in [0.15, 0.2) is 0 Å². The number of aryl methyl sites for hydroxylation is 1. The third kappa shape index (κ3) is 3.54. The quantitative estimate of drug-likeness (QED) is 0.817. The molecule has 2 saturated heterocycles. The van der Waals surface area contributed by atoms with Crippen LogP contribution < -0.4 is 4.90 Å². The number of piperidine rings is 1. The van der Waals surface area contributed by atoms with Crippen LogP contribution in [-0.2, 0) is 11.3 Å². The molecule has 0 N–H and O–H groups in total. The molecule has 0 bridgehead atoms. The van der Waals surface area contributed by atoms with Crippen molar-refractivity contribution >= 4 is 16.5 Å². The van der Waals surface area contributed by atoms with E-state index < -0.39 is 0 Å². The van der Waals surface area contributed by atoms with Crippen LogP contribution in [-0.4, -0.2) is 58.9 Å². The number of ether oxygens (including phenoxy) is 1. The monoisotopic (exact) mass is 359 g/mol. The van der Waals surface area contributed by atoms with Crippen LogP contribution in [0.15, 0.2) is 24.5 Å². The van der Waals surface area contributed by atoms with Gasteiger partial charge in [-0.2, -0.15) is 0 Å². The van der Waals surface area contributed by atoms with E-state index in [0.717, 1.165) is 41.9 Å². The molecule has 0 amide bonds. The Morgan fingerprint density at radius 2 is 2.24 bits per heavy atom. The Bertz CT molecular complexity index is 701. The second-order valence-corrected chi connectivity index (χ2v) is 8.50. The van der Waals surface area contributed by atoms with Crippen LogP contribution in [0, 0.1) is 12.8 Å². The van der Waals surface area contributed by atoms with Crippen molar-refractivity contribution in [2.75, 3.05) is 38.2 Å². The van der Waals surface area contributed by atoms with Crippen LogP contribution in [0.25, 0.3) is 0 Å². The predicted molar refractivity (Wildman–Crippen MR) is 98.8 cm³/mol. The number of hydrogen-bond acceptors (Lipinski definition) is 7. The molecule has 0 aliphatic carbocycles. The first-order chi connectivity index (χ1) is 12.1. The molecule has 25 heavy (non-hydrogen) atoms. The molecular weight excluding hydrogens is 334 g/mol. The minimum absolute atomic E-state index is 0.278. The molecular formula is C18H25N5OS. The molecule has 2 fully saturated rings. The largest absolute Gasteiger partial charge is 0.376 e. The van der Waals surface area contributed by atoms with Gasteiger partial charge in [0.05, 0.1) is 12.1 Å². The van der Waals surface area contributed by atoms with E-state index in [1.54, 1.807) is 17.5 Å². The molecule has 4 rings (SSSR count). The first kappa shape index (κ1) is 16.9. The Morgan fingerprint density at radius 1 is 1.36 bits per heavy atom. The zero-order valence-corrected chi connectivity index (χ0v) is 15.7. The Morgan fingerprint density at radius 3 is 2.96 bits per heavy atom. The summed E-state index contributed by atoms with van der Waals surface area (Å²) in [6.07, 6.45) is 6.09. The number of hydrogen-bond donors (Lipinski definition) is 0. The molecule has 2 aliphatic rings. The number of rotatable bonds is 5. The van der Waals surface area contributed by atoms with Crippen molar-refractivity contribution in [1.82, 2.24) is 20.1 Å². The summed E-state index contributed by atoms with van der Waals surface area (Å²) in [5, 5.41) is 10.5. The summed E-state index contributed by atoms with van der Waals surface area (Å²) >= 11 is 1.69. The highest BCUT2D eigenvalue weighted by Crippen LogP contribution is 2.41. The molecule has 0 aromatic carbocycles.